The third-order valence-corrected chi connectivity index (χ3v) is 5.39. The summed E-state index contributed by atoms with van der Waals surface area (Å²) in [6.07, 6.45) is 11.7. The van der Waals surface area contributed by atoms with Gasteiger partial charge in [-0.15, -0.1) is 0 Å². The van der Waals surface area contributed by atoms with Crippen molar-refractivity contribution >= 4 is 0 Å². The standard InChI is InChI=1S/C15H28N2/c1-2-4-10-17(11-5-3-1)13-14-12-15(14)6-8-16-9-7-15/h14,16H,1-13H2. The minimum absolute atomic E-state index is 0.785. The van der Waals surface area contributed by atoms with Crippen molar-refractivity contribution in [2.24, 2.45) is 11.3 Å². The highest BCUT2D eigenvalue weighted by atomic mass is 15.1. The van der Waals surface area contributed by atoms with E-state index in [1.807, 2.05) is 0 Å². The van der Waals surface area contributed by atoms with Gasteiger partial charge in [-0.3, -0.25) is 0 Å². The lowest BCUT2D eigenvalue weighted by Crippen LogP contribution is -2.34. The van der Waals surface area contributed by atoms with E-state index in [1.54, 1.807) is 0 Å². The Morgan fingerprint density at radius 2 is 1.59 bits per heavy atom. The van der Waals surface area contributed by atoms with Crippen LogP contribution in [0.3, 0.4) is 0 Å². The van der Waals surface area contributed by atoms with Crippen LogP contribution in [-0.4, -0.2) is 37.6 Å². The minimum atomic E-state index is 0.785. The average molecular weight is 236 g/mol. The first-order valence-corrected chi connectivity index (χ1v) is 7.82. The molecule has 0 radical (unpaired) electrons. The summed E-state index contributed by atoms with van der Waals surface area (Å²) in [5.74, 6) is 1.05. The highest BCUT2D eigenvalue weighted by Gasteiger charge is 2.53. The Balaban J connectivity index is 1.46. The SMILES string of the molecule is C1CCCN(CC2CC23CCNCC3)CCC1. The molecular formula is C15H28N2. The molecule has 17 heavy (non-hydrogen) atoms. The van der Waals surface area contributed by atoms with Crippen molar-refractivity contribution in [2.45, 2.75) is 51.4 Å². The zero-order valence-corrected chi connectivity index (χ0v) is 11.2. The maximum Gasteiger partial charge on any atom is 0.00152 e. The summed E-state index contributed by atoms with van der Waals surface area (Å²) < 4.78 is 0. The molecule has 2 heterocycles. The zero-order chi connectivity index (χ0) is 11.6. The fraction of sp³-hybridized carbons (Fsp3) is 1.00. The van der Waals surface area contributed by atoms with Crippen molar-refractivity contribution in [3.8, 4) is 0 Å². The van der Waals surface area contributed by atoms with Crippen LogP contribution in [0.4, 0.5) is 0 Å². The van der Waals surface area contributed by atoms with E-state index in [4.69, 9.17) is 0 Å². The van der Waals surface area contributed by atoms with Gasteiger partial charge in [0.1, 0.15) is 0 Å². The molecule has 0 aromatic carbocycles. The average Bonchev–Trinajstić information content (AvgIpc) is 2.95. The van der Waals surface area contributed by atoms with E-state index in [-0.39, 0.29) is 0 Å². The summed E-state index contributed by atoms with van der Waals surface area (Å²) in [5.41, 5.74) is 0.785. The van der Waals surface area contributed by atoms with Crippen molar-refractivity contribution in [2.75, 3.05) is 32.7 Å². The fourth-order valence-electron chi connectivity index (χ4n) is 4.03. The van der Waals surface area contributed by atoms with E-state index >= 15 is 0 Å². The normalized spacial score (nSPS) is 34.2. The van der Waals surface area contributed by atoms with Gasteiger partial charge in [0.2, 0.25) is 0 Å². The number of hydrogen-bond acceptors (Lipinski definition) is 2. The number of hydrogen-bond donors (Lipinski definition) is 1. The number of nitrogens with one attached hydrogen (secondary N) is 1. The van der Waals surface area contributed by atoms with E-state index in [2.05, 4.69) is 10.2 Å². The van der Waals surface area contributed by atoms with Crippen LogP contribution in [0.2, 0.25) is 0 Å². The Labute approximate surface area is 106 Å². The number of rotatable bonds is 2. The highest BCUT2D eigenvalue weighted by molar-refractivity contribution is 5.05. The Morgan fingerprint density at radius 1 is 0.941 bits per heavy atom. The molecule has 3 aliphatic rings. The predicted octanol–water partition coefficient (Wildman–Crippen LogP) is 2.64. The second kappa shape index (κ2) is 5.27. The van der Waals surface area contributed by atoms with Crippen LogP contribution in [0.15, 0.2) is 0 Å². The lowest BCUT2D eigenvalue weighted by Gasteiger charge is -2.28. The molecule has 3 rings (SSSR count). The van der Waals surface area contributed by atoms with Crippen molar-refractivity contribution in [1.29, 1.82) is 0 Å². The van der Waals surface area contributed by atoms with E-state index in [0.717, 1.165) is 11.3 Å². The second-order valence-corrected chi connectivity index (χ2v) is 6.58. The summed E-state index contributed by atoms with van der Waals surface area (Å²) in [4.78, 5) is 2.78. The first kappa shape index (κ1) is 12.0. The molecule has 0 amide bonds. The van der Waals surface area contributed by atoms with Crippen LogP contribution < -0.4 is 5.32 Å². The summed E-state index contributed by atoms with van der Waals surface area (Å²) in [7, 11) is 0. The van der Waals surface area contributed by atoms with Gasteiger partial charge in [0.15, 0.2) is 0 Å². The molecule has 1 N–H and O–H groups in total. The molecule has 0 aromatic heterocycles. The van der Waals surface area contributed by atoms with Crippen molar-refractivity contribution in [3.63, 3.8) is 0 Å². The molecule has 2 saturated heterocycles. The molecule has 2 heteroatoms. The van der Waals surface area contributed by atoms with E-state index in [9.17, 15) is 0 Å². The summed E-state index contributed by atoms with van der Waals surface area (Å²) in [6, 6.07) is 0. The van der Waals surface area contributed by atoms with Gasteiger partial charge in [-0.1, -0.05) is 19.3 Å². The van der Waals surface area contributed by atoms with Crippen LogP contribution in [-0.2, 0) is 0 Å². The molecule has 0 bridgehead atoms. The van der Waals surface area contributed by atoms with Crippen LogP contribution in [0.5, 0.6) is 0 Å². The molecule has 3 fully saturated rings. The quantitative estimate of drug-likeness (QED) is 0.793. The fourth-order valence-corrected chi connectivity index (χ4v) is 4.03. The Kier molecular flexibility index (Phi) is 3.72. The second-order valence-electron chi connectivity index (χ2n) is 6.58. The van der Waals surface area contributed by atoms with Gasteiger partial charge >= 0.3 is 0 Å². The summed E-state index contributed by atoms with van der Waals surface area (Å²) in [6.45, 7) is 6.72. The Bertz CT molecular complexity index is 235. The maximum absolute atomic E-state index is 3.51. The molecule has 2 aliphatic heterocycles. The van der Waals surface area contributed by atoms with Crippen LogP contribution in [0.1, 0.15) is 51.4 Å². The Hall–Kier alpha value is -0.0800. The molecule has 1 saturated carbocycles. The van der Waals surface area contributed by atoms with Crippen molar-refractivity contribution in [3.05, 3.63) is 0 Å². The van der Waals surface area contributed by atoms with Crippen LogP contribution >= 0.6 is 0 Å². The maximum atomic E-state index is 3.51. The van der Waals surface area contributed by atoms with E-state index < -0.39 is 0 Å². The molecule has 1 aliphatic carbocycles. The minimum Gasteiger partial charge on any atom is -0.317 e. The topological polar surface area (TPSA) is 15.3 Å². The molecule has 1 spiro atoms. The summed E-state index contributed by atoms with van der Waals surface area (Å²) in [5, 5.41) is 3.51. The van der Waals surface area contributed by atoms with Gasteiger partial charge < -0.3 is 10.2 Å². The van der Waals surface area contributed by atoms with E-state index in [0.29, 0.717) is 0 Å². The molecule has 98 valence electrons. The van der Waals surface area contributed by atoms with E-state index in [1.165, 1.54) is 84.1 Å². The van der Waals surface area contributed by atoms with Gasteiger partial charge in [0, 0.05) is 6.54 Å². The van der Waals surface area contributed by atoms with Crippen molar-refractivity contribution < 1.29 is 0 Å². The molecule has 0 aromatic rings. The largest absolute Gasteiger partial charge is 0.317 e. The first-order valence-electron chi connectivity index (χ1n) is 7.82. The van der Waals surface area contributed by atoms with Crippen LogP contribution in [0.25, 0.3) is 0 Å². The monoisotopic (exact) mass is 236 g/mol. The third kappa shape index (κ3) is 2.85. The number of nitrogens with zero attached hydrogens (tertiary/aromatic N) is 1. The van der Waals surface area contributed by atoms with Gasteiger partial charge in [0.05, 0.1) is 0 Å². The van der Waals surface area contributed by atoms with Gasteiger partial charge in [-0.2, -0.15) is 0 Å². The molecule has 2 nitrogen and oxygen atoms in total. The number of piperidine rings is 1. The van der Waals surface area contributed by atoms with Gasteiger partial charge in [-0.05, 0) is 69.6 Å². The lowest BCUT2D eigenvalue weighted by atomic mass is 9.91. The molecule has 1 atom stereocenters. The molecule has 1 unspecified atom stereocenters. The third-order valence-electron chi connectivity index (χ3n) is 5.39. The number of likely N-dealkylation sites (tertiary alicyclic amines) is 1. The van der Waals surface area contributed by atoms with Crippen LogP contribution in [0, 0.1) is 11.3 Å². The highest BCUT2D eigenvalue weighted by Crippen LogP contribution is 2.58. The zero-order valence-electron chi connectivity index (χ0n) is 11.2. The summed E-state index contributed by atoms with van der Waals surface area (Å²) >= 11 is 0. The first-order chi connectivity index (χ1) is 8.39. The Morgan fingerprint density at radius 3 is 2.29 bits per heavy atom. The lowest BCUT2D eigenvalue weighted by molar-refractivity contribution is 0.213. The van der Waals surface area contributed by atoms with Gasteiger partial charge in [-0.25, -0.2) is 0 Å². The van der Waals surface area contributed by atoms with Gasteiger partial charge in [0.25, 0.3) is 0 Å². The molecular weight excluding hydrogens is 208 g/mol. The van der Waals surface area contributed by atoms with Crippen molar-refractivity contribution in [1.82, 2.24) is 10.2 Å². The smallest absolute Gasteiger partial charge is 0.00152 e. The predicted molar refractivity (Wildman–Crippen MR) is 72.2 cm³/mol.